The minimum Gasteiger partial charge on any atom is -0.322 e. The fraction of sp³-hybridized carbons (Fsp3) is 0.500. The predicted octanol–water partition coefficient (Wildman–Crippen LogP) is 0.426. The summed E-state index contributed by atoms with van der Waals surface area (Å²) in [7, 11) is 0. The summed E-state index contributed by atoms with van der Waals surface area (Å²) in [6.45, 7) is 3.99. The maximum Gasteiger partial charge on any atom is 0.250 e. The molecule has 0 bridgehead atoms. The quantitative estimate of drug-likeness (QED) is 0.670. The van der Waals surface area contributed by atoms with E-state index in [0.29, 0.717) is 11.6 Å². The molecule has 0 amide bonds. The Morgan fingerprint density at radius 2 is 2.25 bits per heavy atom. The van der Waals surface area contributed by atoms with Gasteiger partial charge in [0.1, 0.15) is 0 Å². The van der Waals surface area contributed by atoms with Crippen molar-refractivity contribution >= 4 is 0 Å². The normalized spacial score (nSPS) is 13.3. The SMILES string of the molecule is CC(C)[C@H](N)c1cc(=O)[nH]cn1. The molecule has 1 rings (SSSR count). The summed E-state index contributed by atoms with van der Waals surface area (Å²) >= 11 is 0. The average Bonchev–Trinajstić information content (AvgIpc) is 2.03. The monoisotopic (exact) mass is 167 g/mol. The fourth-order valence-corrected chi connectivity index (χ4v) is 0.907. The Hall–Kier alpha value is -1.16. The molecule has 12 heavy (non-hydrogen) atoms. The van der Waals surface area contributed by atoms with Gasteiger partial charge in [-0.2, -0.15) is 0 Å². The zero-order valence-electron chi connectivity index (χ0n) is 7.24. The van der Waals surface area contributed by atoms with E-state index in [2.05, 4.69) is 9.97 Å². The molecule has 0 aromatic carbocycles. The van der Waals surface area contributed by atoms with Crippen LogP contribution in [0.1, 0.15) is 25.6 Å². The number of H-pyrrole nitrogens is 1. The third-order valence-electron chi connectivity index (χ3n) is 1.76. The molecule has 4 nitrogen and oxygen atoms in total. The number of nitrogens with zero attached hydrogens (tertiary/aromatic N) is 1. The predicted molar refractivity (Wildman–Crippen MR) is 46.6 cm³/mol. The van der Waals surface area contributed by atoms with Crippen LogP contribution in [0.5, 0.6) is 0 Å². The molecule has 3 N–H and O–H groups in total. The standard InChI is InChI=1S/C8H13N3O/c1-5(2)8(9)6-3-7(12)11-4-10-6/h3-5,8H,9H2,1-2H3,(H,10,11,12)/t8-/m0/s1. The lowest BCUT2D eigenvalue weighted by Gasteiger charge is -2.13. The molecule has 0 saturated heterocycles. The first-order valence-electron chi connectivity index (χ1n) is 3.91. The van der Waals surface area contributed by atoms with Crippen molar-refractivity contribution in [2.75, 3.05) is 0 Å². The zero-order chi connectivity index (χ0) is 9.14. The lowest BCUT2D eigenvalue weighted by Crippen LogP contribution is -2.20. The Balaban J connectivity index is 2.95. The third kappa shape index (κ3) is 1.92. The number of rotatable bonds is 2. The third-order valence-corrected chi connectivity index (χ3v) is 1.76. The number of hydrogen-bond acceptors (Lipinski definition) is 3. The molecule has 4 heteroatoms. The van der Waals surface area contributed by atoms with Crippen LogP contribution < -0.4 is 11.3 Å². The molecular weight excluding hydrogens is 154 g/mol. The van der Waals surface area contributed by atoms with Crippen LogP contribution in [0.15, 0.2) is 17.2 Å². The first-order chi connectivity index (χ1) is 5.61. The van der Waals surface area contributed by atoms with E-state index in [1.807, 2.05) is 13.8 Å². The van der Waals surface area contributed by atoms with Gasteiger partial charge in [0, 0.05) is 12.1 Å². The van der Waals surface area contributed by atoms with Gasteiger partial charge in [0.05, 0.1) is 12.0 Å². The van der Waals surface area contributed by atoms with Crippen LogP contribution in [-0.4, -0.2) is 9.97 Å². The highest BCUT2D eigenvalue weighted by Gasteiger charge is 2.11. The van der Waals surface area contributed by atoms with E-state index in [4.69, 9.17) is 5.73 Å². The van der Waals surface area contributed by atoms with Gasteiger partial charge in [0.25, 0.3) is 5.56 Å². The number of aromatic amines is 1. The molecule has 0 aliphatic rings. The highest BCUT2D eigenvalue weighted by atomic mass is 16.1. The lowest BCUT2D eigenvalue weighted by atomic mass is 10.0. The molecule has 0 spiro atoms. The Morgan fingerprint density at radius 3 is 2.75 bits per heavy atom. The fourth-order valence-electron chi connectivity index (χ4n) is 0.907. The van der Waals surface area contributed by atoms with Crippen LogP contribution in [0.4, 0.5) is 0 Å². The Bertz CT molecular complexity index is 305. The van der Waals surface area contributed by atoms with Crippen molar-refractivity contribution in [3.63, 3.8) is 0 Å². The molecule has 1 atom stereocenters. The Morgan fingerprint density at radius 1 is 1.58 bits per heavy atom. The van der Waals surface area contributed by atoms with Crippen LogP contribution in [0, 0.1) is 5.92 Å². The minimum absolute atomic E-state index is 0.156. The summed E-state index contributed by atoms with van der Waals surface area (Å²) in [4.78, 5) is 17.3. The molecular formula is C8H13N3O. The van der Waals surface area contributed by atoms with Crippen LogP contribution in [0.2, 0.25) is 0 Å². The van der Waals surface area contributed by atoms with Gasteiger partial charge in [-0.3, -0.25) is 4.79 Å². The van der Waals surface area contributed by atoms with Crippen molar-refractivity contribution in [1.82, 2.24) is 9.97 Å². The number of aromatic nitrogens is 2. The van der Waals surface area contributed by atoms with E-state index in [1.54, 1.807) is 0 Å². The summed E-state index contributed by atoms with van der Waals surface area (Å²) in [5, 5.41) is 0. The molecule has 0 unspecified atom stereocenters. The highest BCUT2D eigenvalue weighted by molar-refractivity contribution is 5.04. The van der Waals surface area contributed by atoms with Crippen LogP contribution >= 0.6 is 0 Å². The first kappa shape index (κ1) is 8.93. The maximum atomic E-state index is 10.9. The summed E-state index contributed by atoms with van der Waals surface area (Å²) in [6, 6.07) is 1.28. The number of hydrogen-bond donors (Lipinski definition) is 2. The van der Waals surface area contributed by atoms with Crippen molar-refractivity contribution in [1.29, 1.82) is 0 Å². The highest BCUT2D eigenvalue weighted by Crippen LogP contribution is 2.13. The second-order valence-corrected chi connectivity index (χ2v) is 3.11. The van der Waals surface area contributed by atoms with Gasteiger partial charge in [-0.05, 0) is 5.92 Å². The Kier molecular flexibility index (Phi) is 2.60. The first-order valence-corrected chi connectivity index (χ1v) is 3.91. The molecule has 0 radical (unpaired) electrons. The van der Waals surface area contributed by atoms with Crippen molar-refractivity contribution in [2.45, 2.75) is 19.9 Å². The summed E-state index contributed by atoms with van der Waals surface area (Å²) < 4.78 is 0. The van der Waals surface area contributed by atoms with E-state index in [9.17, 15) is 4.79 Å². The van der Waals surface area contributed by atoms with Crippen molar-refractivity contribution in [3.05, 3.63) is 28.4 Å². The molecule has 0 aliphatic heterocycles. The number of nitrogens with two attached hydrogens (primary N) is 1. The molecule has 66 valence electrons. The van der Waals surface area contributed by atoms with E-state index in [1.165, 1.54) is 12.4 Å². The summed E-state index contributed by atoms with van der Waals surface area (Å²) in [6.07, 6.45) is 1.37. The second-order valence-electron chi connectivity index (χ2n) is 3.11. The molecule has 0 aliphatic carbocycles. The van der Waals surface area contributed by atoms with Crippen molar-refractivity contribution in [2.24, 2.45) is 11.7 Å². The van der Waals surface area contributed by atoms with Crippen LogP contribution in [0.25, 0.3) is 0 Å². The van der Waals surface area contributed by atoms with Crippen molar-refractivity contribution < 1.29 is 0 Å². The average molecular weight is 167 g/mol. The summed E-state index contributed by atoms with van der Waals surface area (Å²) in [5.74, 6) is 0.291. The van der Waals surface area contributed by atoms with Crippen LogP contribution in [-0.2, 0) is 0 Å². The molecule has 0 fully saturated rings. The van der Waals surface area contributed by atoms with Gasteiger partial charge >= 0.3 is 0 Å². The van der Waals surface area contributed by atoms with Crippen molar-refractivity contribution in [3.8, 4) is 0 Å². The molecule has 1 heterocycles. The van der Waals surface area contributed by atoms with E-state index in [-0.39, 0.29) is 11.6 Å². The molecule has 0 saturated carbocycles. The van der Waals surface area contributed by atoms with Gasteiger partial charge < -0.3 is 10.7 Å². The lowest BCUT2D eigenvalue weighted by molar-refractivity contribution is 0.501. The van der Waals surface area contributed by atoms with E-state index >= 15 is 0 Å². The van der Waals surface area contributed by atoms with E-state index < -0.39 is 0 Å². The largest absolute Gasteiger partial charge is 0.322 e. The van der Waals surface area contributed by atoms with Gasteiger partial charge in [0.15, 0.2) is 0 Å². The van der Waals surface area contributed by atoms with Crippen LogP contribution in [0.3, 0.4) is 0 Å². The second kappa shape index (κ2) is 3.49. The molecule has 1 aromatic heterocycles. The molecule has 1 aromatic rings. The zero-order valence-corrected chi connectivity index (χ0v) is 7.24. The smallest absolute Gasteiger partial charge is 0.250 e. The topological polar surface area (TPSA) is 71.8 Å². The summed E-state index contributed by atoms with van der Waals surface area (Å²) in [5.41, 5.74) is 6.28. The minimum atomic E-state index is -0.160. The van der Waals surface area contributed by atoms with Gasteiger partial charge in [0.2, 0.25) is 0 Å². The van der Waals surface area contributed by atoms with Gasteiger partial charge in [-0.15, -0.1) is 0 Å². The van der Waals surface area contributed by atoms with E-state index in [0.717, 1.165) is 0 Å². The van der Waals surface area contributed by atoms with Gasteiger partial charge in [-0.1, -0.05) is 13.8 Å². The Labute approximate surface area is 70.8 Å². The maximum absolute atomic E-state index is 10.9. The number of nitrogens with one attached hydrogen (secondary N) is 1. The van der Waals surface area contributed by atoms with Gasteiger partial charge in [-0.25, -0.2) is 4.98 Å².